The van der Waals surface area contributed by atoms with Crippen molar-refractivity contribution in [1.82, 2.24) is 14.9 Å². The Bertz CT molecular complexity index is 770. The Labute approximate surface area is 165 Å². The molecule has 9 heteroatoms. The number of hydrogen-bond acceptors (Lipinski definition) is 4. The van der Waals surface area contributed by atoms with Crippen LogP contribution >= 0.6 is 11.6 Å². The lowest BCUT2D eigenvalue weighted by atomic mass is 10.00. The van der Waals surface area contributed by atoms with Crippen molar-refractivity contribution in [1.29, 1.82) is 0 Å². The molecule has 0 saturated carbocycles. The highest BCUT2D eigenvalue weighted by molar-refractivity contribution is 7.89. The summed E-state index contributed by atoms with van der Waals surface area (Å²) in [6.07, 6.45) is 2.40. The molecule has 1 aromatic carbocycles. The van der Waals surface area contributed by atoms with Crippen LogP contribution in [-0.4, -0.2) is 51.3 Å². The third kappa shape index (κ3) is 6.79. The maximum Gasteiger partial charge on any atom is 0.242 e. The van der Waals surface area contributed by atoms with Crippen molar-refractivity contribution in [3.8, 4) is 0 Å². The zero-order valence-corrected chi connectivity index (χ0v) is 17.0. The van der Waals surface area contributed by atoms with Crippen molar-refractivity contribution in [2.24, 2.45) is 5.92 Å². The fourth-order valence-electron chi connectivity index (χ4n) is 3.01. The quantitative estimate of drug-likeness (QED) is 0.676. The van der Waals surface area contributed by atoms with Crippen molar-refractivity contribution >= 4 is 33.4 Å². The number of amides is 2. The summed E-state index contributed by atoms with van der Waals surface area (Å²) in [6.45, 7) is 3.89. The predicted molar refractivity (Wildman–Crippen MR) is 104 cm³/mol. The largest absolute Gasteiger partial charge is 0.356 e. The van der Waals surface area contributed by atoms with Gasteiger partial charge >= 0.3 is 0 Å². The number of likely N-dealkylation sites (tertiary alicyclic amines) is 1. The Kier molecular flexibility index (Phi) is 8.07. The SMILES string of the molecule is CC1CCCN(C(=O)CCNC(=O)CCNS(=O)(=O)c2ccccc2Cl)C1. The van der Waals surface area contributed by atoms with E-state index < -0.39 is 10.0 Å². The van der Waals surface area contributed by atoms with Gasteiger partial charge in [-0.15, -0.1) is 0 Å². The van der Waals surface area contributed by atoms with Gasteiger partial charge in [0.2, 0.25) is 21.8 Å². The lowest BCUT2D eigenvalue weighted by Gasteiger charge is -2.31. The Morgan fingerprint density at radius 1 is 1.22 bits per heavy atom. The summed E-state index contributed by atoms with van der Waals surface area (Å²) in [5, 5.41) is 2.78. The lowest BCUT2D eigenvalue weighted by molar-refractivity contribution is -0.132. The van der Waals surface area contributed by atoms with E-state index in [1.54, 1.807) is 12.1 Å². The van der Waals surface area contributed by atoms with Crippen LogP contribution in [0.3, 0.4) is 0 Å². The minimum absolute atomic E-state index is 0.0153. The Morgan fingerprint density at radius 2 is 1.96 bits per heavy atom. The van der Waals surface area contributed by atoms with E-state index in [2.05, 4.69) is 17.0 Å². The maximum atomic E-state index is 12.2. The van der Waals surface area contributed by atoms with Crippen molar-refractivity contribution in [2.75, 3.05) is 26.2 Å². The van der Waals surface area contributed by atoms with Crippen LogP contribution in [0.25, 0.3) is 0 Å². The topological polar surface area (TPSA) is 95.6 Å². The highest BCUT2D eigenvalue weighted by Crippen LogP contribution is 2.20. The van der Waals surface area contributed by atoms with E-state index >= 15 is 0 Å². The van der Waals surface area contributed by atoms with Crippen LogP contribution in [-0.2, 0) is 19.6 Å². The monoisotopic (exact) mass is 415 g/mol. The zero-order valence-electron chi connectivity index (χ0n) is 15.4. The maximum absolute atomic E-state index is 12.2. The molecule has 0 aromatic heterocycles. The zero-order chi connectivity index (χ0) is 19.9. The average Bonchev–Trinajstić information content (AvgIpc) is 2.61. The summed E-state index contributed by atoms with van der Waals surface area (Å²) < 4.78 is 26.7. The van der Waals surface area contributed by atoms with Gasteiger partial charge in [-0.2, -0.15) is 0 Å². The predicted octanol–water partition coefficient (Wildman–Crippen LogP) is 1.77. The molecular formula is C18H26ClN3O4S. The molecule has 1 aliphatic heterocycles. The molecule has 1 atom stereocenters. The minimum atomic E-state index is -3.76. The number of halogens is 1. The third-order valence-corrected chi connectivity index (χ3v) is 6.40. The van der Waals surface area contributed by atoms with Gasteiger partial charge in [-0.1, -0.05) is 30.7 Å². The molecule has 1 aliphatic rings. The molecule has 2 N–H and O–H groups in total. The highest BCUT2D eigenvalue weighted by atomic mass is 35.5. The first-order valence-electron chi connectivity index (χ1n) is 9.08. The van der Waals surface area contributed by atoms with Crippen molar-refractivity contribution in [3.05, 3.63) is 29.3 Å². The summed E-state index contributed by atoms with van der Waals surface area (Å²) >= 11 is 5.89. The van der Waals surface area contributed by atoms with E-state index in [4.69, 9.17) is 11.6 Å². The summed E-state index contributed by atoms with van der Waals surface area (Å²) in [4.78, 5) is 25.8. The van der Waals surface area contributed by atoms with Gasteiger partial charge < -0.3 is 10.2 Å². The van der Waals surface area contributed by atoms with Gasteiger partial charge in [0.1, 0.15) is 4.90 Å². The van der Waals surface area contributed by atoms with Crippen molar-refractivity contribution in [2.45, 2.75) is 37.5 Å². The number of hydrogen-bond donors (Lipinski definition) is 2. The number of sulfonamides is 1. The normalized spacial score (nSPS) is 17.6. The van der Waals surface area contributed by atoms with E-state index in [0.29, 0.717) is 5.92 Å². The number of rotatable bonds is 8. The van der Waals surface area contributed by atoms with Gasteiger partial charge in [-0.3, -0.25) is 9.59 Å². The van der Waals surface area contributed by atoms with E-state index in [-0.39, 0.29) is 47.7 Å². The fourth-order valence-corrected chi connectivity index (χ4v) is 4.56. The van der Waals surface area contributed by atoms with Crippen LogP contribution in [0, 0.1) is 5.92 Å². The minimum Gasteiger partial charge on any atom is -0.356 e. The molecule has 1 unspecified atom stereocenters. The van der Waals surface area contributed by atoms with E-state index in [9.17, 15) is 18.0 Å². The van der Waals surface area contributed by atoms with Gasteiger partial charge in [0.25, 0.3) is 0 Å². The van der Waals surface area contributed by atoms with Gasteiger partial charge in [-0.25, -0.2) is 13.1 Å². The molecule has 0 spiro atoms. The van der Waals surface area contributed by atoms with E-state index in [1.165, 1.54) is 12.1 Å². The second-order valence-electron chi connectivity index (χ2n) is 6.77. The summed E-state index contributed by atoms with van der Waals surface area (Å²) in [5.41, 5.74) is 0. The number of piperidine rings is 1. The van der Waals surface area contributed by atoms with Crippen LogP contribution in [0.15, 0.2) is 29.2 Å². The summed E-state index contributed by atoms with van der Waals surface area (Å²) in [7, 11) is -3.76. The lowest BCUT2D eigenvalue weighted by Crippen LogP contribution is -2.40. The number of carbonyl (C=O) groups is 2. The van der Waals surface area contributed by atoms with E-state index in [0.717, 1.165) is 25.9 Å². The first kappa shape index (κ1) is 21.7. The Balaban J connectivity index is 1.67. The highest BCUT2D eigenvalue weighted by Gasteiger charge is 2.21. The van der Waals surface area contributed by atoms with Crippen LogP contribution in [0.4, 0.5) is 0 Å². The molecular weight excluding hydrogens is 390 g/mol. The second-order valence-corrected chi connectivity index (χ2v) is 8.91. The third-order valence-electron chi connectivity index (χ3n) is 4.44. The average molecular weight is 416 g/mol. The molecule has 0 bridgehead atoms. The number of nitrogens with zero attached hydrogens (tertiary/aromatic N) is 1. The Morgan fingerprint density at radius 3 is 2.67 bits per heavy atom. The van der Waals surface area contributed by atoms with Gasteiger partial charge in [0.15, 0.2) is 0 Å². The molecule has 1 fully saturated rings. The molecule has 27 heavy (non-hydrogen) atoms. The number of nitrogens with one attached hydrogen (secondary N) is 2. The first-order valence-corrected chi connectivity index (χ1v) is 10.9. The number of benzene rings is 1. The number of carbonyl (C=O) groups excluding carboxylic acids is 2. The molecule has 2 rings (SSSR count). The fraction of sp³-hybridized carbons (Fsp3) is 0.556. The van der Waals surface area contributed by atoms with Crippen LogP contribution in [0.5, 0.6) is 0 Å². The van der Waals surface area contributed by atoms with Crippen LogP contribution in [0.2, 0.25) is 5.02 Å². The smallest absolute Gasteiger partial charge is 0.242 e. The second kappa shape index (κ2) is 10.1. The van der Waals surface area contributed by atoms with Crippen LogP contribution < -0.4 is 10.0 Å². The summed E-state index contributed by atoms with van der Waals surface area (Å²) in [5.74, 6) is 0.251. The first-order chi connectivity index (χ1) is 12.8. The molecule has 1 aromatic rings. The molecule has 1 heterocycles. The van der Waals surface area contributed by atoms with E-state index in [1.807, 2.05) is 4.90 Å². The summed E-state index contributed by atoms with van der Waals surface area (Å²) in [6, 6.07) is 6.11. The molecule has 1 saturated heterocycles. The standard InChI is InChI=1S/C18H26ClN3O4S/c1-14-5-4-12-22(13-14)18(24)9-10-20-17(23)8-11-21-27(25,26)16-7-3-2-6-15(16)19/h2-3,6-7,14,21H,4-5,8-13H2,1H3,(H,20,23). The van der Waals surface area contributed by atoms with Gasteiger partial charge in [-0.05, 0) is 30.9 Å². The van der Waals surface area contributed by atoms with Crippen molar-refractivity contribution < 1.29 is 18.0 Å². The molecule has 150 valence electrons. The molecule has 2 amide bonds. The molecule has 0 aliphatic carbocycles. The molecule has 0 radical (unpaired) electrons. The molecule has 7 nitrogen and oxygen atoms in total. The van der Waals surface area contributed by atoms with Gasteiger partial charge in [0.05, 0.1) is 5.02 Å². The Hall–Kier alpha value is -1.64. The van der Waals surface area contributed by atoms with Crippen LogP contribution in [0.1, 0.15) is 32.6 Å². The van der Waals surface area contributed by atoms with Gasteiger partial charge in [0, 0.05) is 39.0 Å². The van der Waals surface area contributed by atoms with Crippen molar-refractivity contribution in [3.63, 3.8) is 0 Å².